The number of ether oxygens (including phenoxy) is 1. The summed E-state index contributed by atoms with van der Waals surface area (Å²) in [5, 5.41) is 5.84. The Balaban J connectivity index is 1.64. The Morgan fingerprint density at radius 2 is 2.33 bits per heavy atom. The first-order chi connectivity index (χ1) is 10.2. The first-order valence-electron chi connectivity index (χ1n) is 8.24. The fraction of sp³-hybridized carbons (Fsp3) is 0.765. The second-order valence-corrected chi connectivity index (χ2v) is 8.09. The lowest BCUT2D eigenvalue weighted by atomic mass is 9.86. The van der Waals surface area contributed by atoms with Crippen LogP contribution in [0.4, 0.5) is 0 Å². The van der Waals surface area contributed by atoms with E-state index in [0.29, 0.717) is 11.5 Å². The second-order valence-electron chi connectivity index (χ2n) is 7.05. The van der Waals surface area contributed by atoms with E-state index in [-0.39, 0.29) is 0 Å². The predicted molar refractivity (Wildman–Crippen MR) is 88.8 cm³/mol. The van der Waals surface area contributed by atoms with Gasteiger partial charge in [0.05, 0.1) is 6.61 Å². The van der Waals surface area contributed by atoms with Crippen molar-refractivity contribution in [3.8, 4) is 0 Å². The largest absolute Gasteiger partial charge is 0.381 e. The summed E-state index contributed by atoms with van der Waals surface area (Å²) in [5.74, 6) is 0. The van der Waals surface area contributed by atoms with Crippen molar-refractivity contribution >= 4 is 11.3 Å². The molecule has 1 aliphatic carbocycles. The van der Waals surface area contributed by atoms with Gasteiger partial charge < -0.3 is 10.1 Å². The van der Waals surface area contributed by atoms with Gasteiger partial charge in [-0.05, 0) is 30.7 Å². The summed E-state index contributed by atoms with van der Waals surface area (Å²) in [4.78, 5) is 4.20. The average Bonchev–Trinajstić information content (AvgIpc) is 2.99. The van der Waals surface area contributed by atoms with E-state index in [4.69, 9.17) is 4.74 Å². The lowest BCUT2D eigenvalue weighted by Crippen LogP contribution is -2.46. The van der Waals surface area contributed by atoms with E-state index in [1.54, 1.807) is 0 Å². The first kappa shape index (κ1) is 15.5. The van der Waals surface area contributed by atoms with E-state index in [0.717, 1.165) is 32.3 Å². The SMILES string of the molecule is CC(C)NCC1(CN(Cc2cccs2)C2CC2)CCOC1. The third-order valence-electron chi connectivity index (χ3n) is 4.61. The van der Waals surface area contributed by atoms with Crippen LogP contribution in [0.2, 0.25) is 0 Å². The molecule has 1 unspecified atom stereocenters. The zero-order chi connectivity index (χ0) is 14.7. The van der Waals surface area contributed by atoms with Crippen LogP contribution in [0.1, 0.15) is 38.0 Å². The van der Waals surface area contributed by atoms with Gasteiger partial charge in [-0.2, -0.15) is 0 Å². The molecule has 118 valence electrons. The Bertz CT molecular complexity index is 422. The Labute approximate surface area is 132 Å². The van der Waals surface area contributed by atoms with Crippen molar-refractivity contribution in [2.75, 3.05) is 26.3 Å². The van der Waals surface area contributed by atoms with Crippen LogP contribution in [0, 0.1) is 5.41 Å². The van der Waals surface area contributed by atoms with Gasteiger partial charge in [0.15, 0.2) is 0 Å². The van der Waals surface area contributed by atoms with Crippen LogP contribution in [-0.2, 0) is 11.3 Å². The normalized spacial score (nSPS) is 26.1. The fourth-order valence-electron chi connectivity index (χ4n) is 3.18. The van der Waals surface area contributed by atoms with Crippen molar-refractivity contribution in [3.05, 3.63) is 22.4 Å². The van der Waals surface area contributed by atoms with Gasteiger partial charge in [-0.1, -0.05) is 19.9 Å². The smallest absolute Gasteiger partial charge is 0.0547 e. The number of thiophene rings is 1. The van der Waals surface area contributed by atoms with E-state index < -0.39 is 0 Å². The molecule has 1 aromatic heterocycles. The molecule has 1 atom stereocenters. The van der Waals surface area contributed by atoms with Gasteiger partial charge in [0.1, 0.15) is 0 Å². The van der Waals surface area contributed by atoms with Crippen molar-refractivity contribution in [2.45, 2.75) is 51.7 Å². The molecule has 0 bridgehead atoms. The number of rotatable bonds is 8. The fourth-order valence-corrected chi connectivity index (χ4v) is 3.91. The second kappa shape index (κ2) is 6.78. The molecule has 1 N–H and O–H groups in total. The highest BCUT2D eigenvalue weighted by Gasteiger charge is 2.40. The Morgan fingerprint density at radius 1 is 1.48 bits per heavy atom. The van der Waals surface area contributed by atoms with E-state index in [1.807, 2.05) is 11.3 Å². The van der Waals surface area contributed by atoms with Crippen molar-refractivity contribution in [1.29, 1.82) is 0 Å². The lowest BCUT2D eigenvalue weighted by Gasteiger charge is -2.35. The average molecular weight is 308 g/mol. The molecule has 2 aliphatic rings. The van der Waals surface area contributed by atoms with Crippen molar-refractivity contribution in [3.63, 3.8) is 0 Å². The number of nitrogens with one attached hydrogen (secondary N) is 1. The van der Waals surface area contributed by atoms with Gasteiger partial charge in [-0.25, -0.2) is 0 Å². The number of nitrogens with zero attached hydrogens (tertiary/aromatic N) is 1. The standard InChI is InChI=1S/C17H28N2OS/c1-14(2)18-11-17(7-8-20-13-17)12-19(15-5-6-15)10-16-4-3-9-21-16/h3-4,9,14-15,18H,5-8,10-13H2,1-2H3. The molecule has 0 amide bonds. The molecule has 3 nitrogen and oxygen atoms in total. The van der Waals surface area contributed by atoms with Crippen molar-refractivity contribution in [2.24, 2.45) is 5.41 Å². The van der Waals surface area contributed by atoms with Gasteiger partial charge in [-0.3, -0.25) is 4.90 Å². The number of hydrogen-bond donors (Lipinski definition) is 1. The summed E-state index contributed by atoms with van der Waals surface area (Å²) in [6.07, 6.45) is 3.94. The molecule has 4 heteroatoms. The summed E-state index contributed by atoms with van der Waals surface area (Å²) in [7, 11) is 0. The van der Waals surface area contributed by atoms with Crippen LogP contribution in [0.5, 0.6) is 0 Å². The zero-order valence-electron chi connectivity index (χ0n) is 13.3. The quantitative estimate of drug-likeness (QED) is 0.798. The zero-order valence-corrected chi connectivity index (χ0v) is 14.1. The molecule has 0 spiro atoms. The summed E-state index contributed by atoms with van der Waals surface area (Å²) in [5.41, 5.74) is 0.310. The first-order valence-corrected chi connectivity index (χ1v) is 9.12. The molecular formula is C17H28N2OS. The van der Waals surface area contributed by atoms with Gasteiger partial charge >= 0.3 is 0 Å². The van der Waals surface area contributed by atoms with E-state index in [1.165, 1.54) is 30.7 Å². The van der Waals surface area contributed by atoms with Crippen LogP contribution in [0.25, 0.3) is 0 Å². The molecule has 2 fully saturated rings. The highest BCUT2D eigenvalue weighted by Crippen LogP contribution is 2.36. The minimum Gasteiger partial charge on any atom is -0.381 e. The highest BCUT2D eigenvalue weighted by atomic mass is 32.1. The summed E-state index contributed by atoms with van der Waals surface area (Å²) in [6, 6.07) is 5.79. The third kappa shape index (κ3) is 4.28. The maximum absolute atomic E-state index is 5.76. The maximum atomic E-state index is 5.76. The third-order valence-corrected chi connectivity index (χ3v) is 5.47. The van der Waals surface area contributed by atoms with Crippen LogP contribution >= 0.6 is 11.3 Å². The van der Waals surface area contributed by atoms with Crippen LogP contribution in [0.3, 0.4) is 0 Å². The molecule has 3 rings (SSSR count). The van der Waals surface area contributed by atoms with Gasteiger partial charge in [0.25, 0.3) is 0 Å². The number of hydrogen-bond acceptors (Lipinski definition) is 4. The Morgan fingerprint density at radius 3 is 2.90 bits per heavy atom. The topological polar surface area (TPSA) is 24.5 Å². The summed E-state index contributed by atoms with van der Waals surface area (Å²) >= 11 is 1.88. The highest BCUT2D eigenvalue weighted by molar-refractivity contribution is 7.09. The van der Waals surface area contributed by atoms with E-state index in [9.17, 15) is 0 Å². The minimum absolute atomic E-state index is 0.310. The van der Waals surface area contributed by atoms with Gasteiger partial charge in [0.2, 0.25) is 0 Å². The summed E-state index contributed by atoms with van der Waals surface area (Å²) < 4.78 is 5.76. The van der Waals surface area contributed by atoms with Crippen molar-refractivity contribution in [1.82, 2.24) is 10.2 Å². The predicted octanol–water partition coefficient (Wildman–Crippen LogP) is 3.12. The lowest BCUT2D eigenvalue weighted by molar-refractivity contribution is 0.0996. The van der Waals surface area contributed by atoms with Gasteiger partial charge in [-0.15, -0.1) is 11.3 Å². The molecule has 1 saturated heterocycles. The van der Waals surface area contributed by atoms with Gasteiger partial charge in [0, 0.05) is 48.6 Å². The molecule has 0 radical (unpaired) electrons. The van der Waals surface area contributed by atoms with Crippen LogP contribution < -0.4 is 5.32 Å². The molecular weight excluding hydrogens is 280 g/mol. The molecule has 0 aromatic carbocycles. The Hall–Kier alpha value is -0.420. The molecule has 1 aromatic rings. The van der Waals surface area contributed by atoms with Crippen molar-refractivity contribution < 1.29 is 4.74 Å². The van der Waals surface area contributed by atoms with Crippen LogP contribution in [-0.4, -0.2) is 43.3 Å². The maximum Gasteiger partial charge on any atom is 0.0547 e. The monoisotopic (exact) mass is 308 g/mol. The van der Waals surface area contributed by atoms with E-state index in [2.05, 4.69) is 41.6 Å². The molecule has 1 aliphatic heterocycles. The molecule has 2 heterocycles. The minimum atomic E-state index is 0.310. The van der Waals surface area contributed by atoms with Crippen LogP contribution in [0.15, 0.2) is 17.5 Å². The molecule has 1 saturated carbocycles. The Kier molecular flexibility index (Phi) is 4.99. The van der Waals surface area contributed by atoms with E-state index >= 15 is 0 Å². The molecule has 21 heavy (non-hydrogen) atoms. The summed E-state index contributed by atoms with van der Waals surface area (Å²) in [6.45, 7) is 9.68.